The van der Waals surface area contributed by atoms with Gasteiger partial charge in [-0.2, -0.15) is 4.31 Å². The zero-order valence-corrected chi connectivity index (χ0v) is 18.3. The molecular formula is C22H31N3O4S. The molecule has 0 unspecified atom stereocenters. The van der Waals surface area contributed by atoms with Crippen LogP contribution in [-0.4, -0.2) is 62.2 Å². The highest BCUT2D eigenvalue weighted by molar-refractivity contribution is 7.89. The summed E-state index contributed by atoms with van der Waals surface area (Å²) in [5.74, 6) is -0.0210. The number of anilines is 1. The fourth-order valence-corrected chi connectivity index (χ4v) is 6.27. The van der Waals surface area contributed by atoms with Gasteiger partial charge in [0.1, 0.15) is 6.54 Å². The van der Waals surface area contributed by atoms with Gasteiger partial charge in [-0.3, -0.25) is 9.59 Å². The predicted molar refractivity (Wildman–Crippen MR) is 115 cm³/mol. The van der Waals surface area contributed by atoms with E-state index in [2.05, 4.69) is 0 Å². The van der Waals surface area contributed by atoms with Crippen molar-refractivity contribution in [1.82, 2.24) is 9.21 Å². The molecule has 0 atom stereocenters. The number of rotatable bonds is 4. The summed E-state index contributed by atoms with van der Waals surface area (Å²) in [6.45, 7) is 2.50. The second-order valence-electron chi connectivity index (χ2n) is 8.53. The van der Waals surface area contributed by atoms with Gasteiger partial charge in [-0.05, 0) is 62.3 Å². The van der Waals surface area contributed by atoms with Gasteiger partial charge in [0.25, 0.3) is 0 Å². The van der Waals surface area contributed by atoms with Crippen molar-refractivity contribution >= 4 is 27.5 Å². The Kier molecular flexibility index (Phi) is 6.43. The Bertz CT molecular complexity index is 909. The zero-order chi connectivity index (χ0) is 21.1. The Labute approximate surface area is 179 Å². The van der Waals surface area contributed by atoms with Gasteiger partial charge in [0.05, 0.1) is 4.90 Å². The van der Waals surface area contributed by atoms with Gasteiger partial charge in [0.2, 0.25) is 21.8 Å². The van der Waals surface area contributed by atoms with Crippen LogP contribution in [0, 0.1) is 0 Å². The number of benzene rings is 1. The number of likely N-dealkylation sites (tertiary alicyclic amines) is 1. The van der Waals surface area contributed by atoms with Crippen molar-refractivity contribution in [3.05, 3.63) is 23.8 Å². The standard InChI is InChI=1S/C22H31N3O4S/c26-21-9-3-1-2-4-12-23(21)17-22(27)25-15-7-8-18-16-19(10-11-20(18)25)30(28,29)24-13-5-6-14-24/h10-11,16H,1-9,12-15,17H2. The number of aryl methyl sites for hydroxylation is 1. The van der Waals surface area contributed by atoms with Crippen LogP contribution in [0.4, 0.5) is 5.69 Å². The van der Waals surface area contributed by atoms with E-state index in [0.717, 1.165) is 62.6 Å². The second kappa shape index (κ2) is 9.06. The summed E-state index contributed by atoms with van der Waals surface area (Å²) in [6.07, 6.45) is 7.88. The first kappa shape index (κ1) is 21.3. The summed E-state index contributed by atoms with van der Waals surface area (Å²) in [4.78, 5) is 29.2. The second-order valence-corrected chi connectivity index (χ2v) is 10.5. The van der Waals surface area contributed by atoms with E-state index in [4.69, 9.17) is 0 Å². The lowest BCUT2D eigenvalue weighted by Gasteiger charge is -2.32. The topological polar surface area (TPSA) is 78.0 Å². The normalized spacial score (nSPS) is 21.3. The number of carbonyl (C=O) groups is 2. The van der Waals surface area contributed by atoms with Gasteiger partial charge >= 0.3 is 0 Å². The maximum absolute atomic E-state index is 13.1. The van der Waals surface area contributed by atoms with Crippen molar-refractivity contribution in [2.75, 3.05) is 37.6 Å². The minimum Gasteiger partial charge on any atom is -0.333 e. The van der Waals surface area contributed by atoms with Crippen LogP contribution in [0.1, 0.15) is 56.9 Å². The van der Waals surface area contributed by atoms with E-state index in [1.165, 1.54) is 0 Å². The van der Waals surface area contributed by atoms with Gasteiger partial charge in [-0.15, -0.1) is 0 Å². The first-order chi connectivity index (χ1) is 14.5. The van der Waals surface area contributed by atoms with Crippen molar-refractivity contribution in [2.45, 2.75) is 62.7 Å². The van der Waals surface area contributed by atoms with Crippen LogP contribution in [0.3, 0.4) is 0 Å². The number of fused-ring (bicyclic) bond motifs is 1. The lowest BCUT2D eigenvalue weighted by Crippen LogP contribution is -2.45. The monoisotopic (exact) mass is 433 g/mol. The van der Waals surface area contributed by atoms with E-state index in [0.29, 0.717) is 37.5 Å². The molecule has 2 saturated heterocycles. The van der Waals surface area contributed by atoms with E-state index in [1.807, 2.05) is 0 Å². The molecule has 0 saturated carbocycles. The number of sulfonamides is 1. The predicted octanol–water partition coefficient (Wildman–Crippen LogP) is 2.54. The summed E-state index contributed by atoms with van der Waals surface area (Å²) in [7, 11) is -3.47. The molecule has 0 aliphatic carbocycles. The molecule has 3 aliphatic heterocycles. The average molecular weight is 434 g/mol. The minimum absolute atomic E-state index is 0.0623. The number of amides is 2. The Balaban J connectivity index is 1.52. The van der Waals surface area contributed by atoms with E-state index in [1.54, 1.807) is 32.3 Å². The summed E-state index contributed by atoms with van der Waals surface area (Å²) in [5.41, 5.74) is 1.68. The molecule has 0 aromatic heterocycles. The molecule has 164 valence electrons. The fourth-order valence-electron chi connectivity index (χ4n) is 4.70. The molecule has 2 amide bonds. The van der Waals surface area contributed by atoms with Crippen LogP contribution in [0.5, 0.6) is 0 Å². The fraction of sp³-hybridized carbons (Fsp3) is 0.636. The number of hydrogen-bond acceptors (Lipinski definition) is 4. The quantitative estimate of drug-likeness (QED) is 0.731. The van der Waals surface area contributed by atoms with Crippen LogP contribution < -0.4 is 4.90 Å². The molecular weight excluding hydrogens is 402 g/mol. The molecule has 1 aromatic carbocycles. The molecule has 4 rings (SSSR count). The van der Waals surface area contributed by atoms with Crippen LogP contribution >= 0.6 is 0 Å². The number of nitrogens with zero attached hydrogens (tertiary/aromatic N) is 3. The van der Waals surface area contributed by atoms with Gasteiger partial charge < -0.3 is 9.80 Å². The van der Waals surface area contributed by atoms with Gasteiger partial charge in [-0.25, -0.2) is 8.42 Å². The molecule has 0 spiro atoms. The summed E-state index contributed by atoms with van der Waals surface area (Å²) in [6, 6.07) is 5.13. The first-order valence-corrected chi connectivity index (χ1v) is 12.6. The molecule has 3 heterocycles. The molecule has 2 fully saturated rings. The van der Waals surface area contributed by atoms with Crippen LogP contribution in [0.15, 0.2) is 23.1 Å². The van der Waals surface area contributed by atoms with E-state index < -0.39 is 10.0 Å². The highest BCUT2D eigenvalue weighted by atomic mass is 32.2. The lowest BCUT2D eigenvalue weighted by molar-refractivity contribution is -0.135. The molecule has 7 nitrogen and oxygen atoms in total. The third-order valence-electron chi connectivity index (χ3n) is 6.42. The summed E-state index contributed by atoms with van der Waals surface area (Å²) >= 11 is 0. The van der Waals surface area contributed by atoms with Gasteiger partial charge in [0, 0.05) is 38.3 Å². The Hall–Kier alpha value is -1.93. The number of carbonyl (C=O) groups excluding carboxylic acids is 2. The van der Waals surface area contributed by atoms with Crippen molar-refractivity contribution < 1.29 is 18.0 Å². The molecule has 0 radical (unpaired) electrons. The van der Waals surface area contributed by atoms with Crippen molar-refractivity contribution in [3.8, 4) is 0 Å². The third-order valence-corrected chi connectivity index (χ3v) is 8.32. The first-order valence-electron chi connectivity index (χ1n) is 11.2. The Morgan fingerprint density at radius 1 is 0.867 bits per heavy atom. The maximum atomic E-state index is 13.1. The van der Waals surface area contributed by atoms with Gasteiger partial charge in [-0.1, -0.05) is 12.8 Å². The zero-order valence-electron chi connectivity index (χ0n) is 17.5. The maximum Gasteiger partial charge on any atom is 0.246 e. The number of hydrogen-bond donors (Lipinski definition) is 0. The van der Waals surface area contributed by atoms with E-state index >= 15 is 0 Å². The molecule has 30 heavy (non-hydrogen) atoms. The Morgan fingerprint density at radius 3 is 2.40 bits per heavy atom. The average Bonchev–Trinajstić information content (AvgIpc) is 3.28. The van der Waals surface area contributed by atoms with E-state index in [-0.39, 0.29) is 18.4 Å². The largest absolute Gasteiger partial charge is 0.333 e. The molecule has 0 bridgehead atoms. The van der Waals surface area contributed by atoms with Crippen LogP contribution in [0.25, 0.3) is 0 Å². The SMILES string of the molecule is O=C1CCCCCCN1CC(=O)N1CCCc2cc(S(=O)(=O)N3CCCC3)ccc21. The summed E-state index contributed by atoms with van der Waals surface area (Å²) in [5, 5.41) is 0. The lowest BCUT2D eigenvalue weighted by atomic mass is 10.0. The third kappa shape index (κ3) is 4.39. The molecule has 0 N–H and O–H groups in total. The minimum atomic E-state index is -3.47. The van der Waals surface area contributed by atoms with Crippen molar-refractivity contribution in [2.24, 2.45) is 0 Å². The van der Waals surface area contributed by atoms with Crippen molar-refractivity contribution in [1.29, 1.82) is 0 Å². The molecule has 3 aliphatic rings. The molecule has 1 aromatic rings. The van der Waals surface area contributed by atoms with Crippen molar-refractivity contribution in [3.63, 3.8) is 0 Å². The summed E-state index contributed by atoms with van der Waals surface area (Å²) < 4.78 is 27.3. The van der Waals surface area contributed by atoms with Gasteiger partial charge in [0.15, 0.2) is 0 Å². The van der Waals surface area contributed by atoms with Crippen LogP contribution in [0.2, 0.25) is 0 Å². The van der Waals surface area contributed by atoms with E-state index in [9.17, 15) is 18.0 Å². The Morgan fingerprint density at radius 2 is 1.60 bits per heavy atom. The highest BCUT2D eigenvalue weighted by Gasteiger charge is 2.30. The highest BCUT2D eigenvalue weighted by Crippen LogP contribution is 2.31. The smallest absolute Gasteiger partial charge is 0.246 e. The molecule has 8 heteroatoms. The van der Waals surface area contributed by atoms with Crippen LogP contribution in [-0.2, 0) is 26.0 Å².